The van der Waals surface area contributed by atoms with Gasteiger partial charge in [0.05, 0.1) is 5.69 Å². The molecule has 1 N–H and O–H groups in total. The fraction of sp³-hybridized carbons (Fsp3) is 0.688. The van der Waals surface area contributed by atoms with E-state index in [1.165, 1.54) is 6.92 Å². The van der Waals surface area contributed by atoms with Crippen LogP contribution in [0.4, 0.5) is 15.1 Å². The Morgan fingerprint density at radius 1 is 1.25 bits per heavy atom. The Morgan fingerprint density at radius 2 is 1.83 bits per heavy atom. The second-order valence-electron chi connectivity index (χ2n) is 7.60. The van der Waals surface area contributed by atoms with Gasteiger partial charge in [0.15, 0.2) is 0 Å². The molecule has 2 atom stereocenters. The minimum absolute atomic E-state index is 0.0983. The largest absolute Gasteiger partial charge is 0.444 e. The molecule has 7 nitrogen and oxygen atoms in total. The molecular weight excluding hydrogens is 315 g/mol. The molecule has 2 fully saturated rings. The van der Waals surface area contributed by atoms with Crippen molar-refractivity contribution < 1.29 is 13.9 Å². The van der Waals surface area contributed by atoms with E-state index in [1.54, 1.807) is 4.90 Å². The van der Waals surface area contributed by atoms with Gasteiger partial charge in [0.1, 0.15) is 5.60 Å². The van der Waals surface area contributed by atoms with Crippen LogP contribution in [0.15, 0.2) is 4.79 Å². The van der Waals surface area contributed by atoms with Crippen molar-refractivity contribution in [1.29, 1.82) is 0 Å². The topological polar surface area (TPSA) is 78.5 Å². The lowest BCUT2D eigenvalue weighted by Gasteiger charge is -2.26. The first kappa shape index (κ1) is 16.7. The summed E-state index contributed by atoms with van der Waals surface area (Å²) in [6.07, 6.45) is -0.285. The SMILES string of the molecule is Cc1nc(N2CC3CN(C(=O)OC(C)(C)C)CC3C2)[nH]c(=O)c1F. The third kappa shape index (κ3) is 3.22. The summed E-state index contributed by atoms with van der Waals surface area (Å²) in [6.45, 7) is 9.64. The van der Waals surface area contributed by atoms with E-state index in [4.69, 9.17) is 4.74 Å². The van der Waals surface area contributed by atoms with Gasteiger partial charge in [0.2, 0.25) is 11.8 Å². The molecule has 0 aromatic carbocycles. The van der Waals surface area contributed by atoms with Gasteiger partial charge in [-0.2, -0.15) is 4.39 Å². The summed E-state index contributed by atoms with van der Waals surface area (Å²) < 4.78 is 18.8. The summed E-state index contributed by atoms with van der Waals surface area (Å²) >= 11 is 0. The number of hydrogen-bond acceptors (Lipinski definition) is 5. The van der Waals surface area contributed by atoms with Crippen molar-refractivity contribution >= 4 is 12.0 Å². The summed E-state index contributed by atoms with van der Waals surface area (Å²) in [7, 11) is 0. The maximum Gasteiger partial charge on any atom is 0.410 e. The number of nitrogens with one attached hydrogen (secondary N) is 1. The Morgan fingerprint density at radius 3 is 2.33 bits per heavy atom. The van der Waals surface area contributed by atoms with Crippen molar-refractivity contribution in [3.05, 3.63) is 21.9 Å². The molecule has 0 bridgehead atoms. The van der Waals surface area contributed by atoms with Crippen LogP contribution >= 0.6 is 0 Å². The van der Waals surface area contributed by atoms with Gasteiger partial charge in [-0.15, -0.1) is 0 Å². The Labute approximate surface area is 139 Å². The number of fused-ring (bicyclic) bond motifs is 1. The lowest BCUT2D eigenvalue weighted by Crippen LogP contribution is -2.38. The molecular formula is C16H23FN4O3. The molecule has 1 aromatic rings. The second-order valence-corrected chi connectivity index (χ2v) is 7.60. The van der Waals surface area contributed by atoms with Gasteiger partial charge >= 0.3 is 6.09 Å². The number of aryl methyl sites for hydroxylation is 1. The van der Waals surface area contributed by atoms with Crippen molar-refractivity contribution in [2.75, 3.05) is 31.1 Å². The highest BCUT2D eigenvalue weighted by atomic mass is 19.1. The third-order valence-corrected chi connectivity index (χ3v) is 4.45. The highest BCUT2D eigenvalue weighted by Gasteiger charge is 2.43. The molecule has 3 heterocycles. The Bertz CT molecular complexity index is 698. The lowest BCUT2D eigenvalue weighted by atomic mass is 10.0. The number of hydrogen-bond donors (Lipinski definition) is 1. The van der Waals surface area contributed by atoms with Gasteiger partial charge in [0.25, 0.3) is 5.56 Å². The van der Waals surface area contributed by atoms with Crippen LogP contribution in [0.2, 0.25) is 0 Å². The summed E-state index contributed by atoms with van der Waals surface area (Å²) in [5.74, 6) is 0.160. The number of carbonyl (C=O) groups is 1. The summed E-state index contributed by atoms with van der Waals surface area (Å²) in [5.41, 5.74) is -1.15. The van der Waals surface area contributed by atoms with Crippen LogP contribution in [-0.4, -0.2) is 52.7 Å². The monoisotopic (exact) mass is 338 g/mol. The molecule has 24 heavy (non-hydrogen) atoms. The van der Waals surface area contributed by atoms with E-state index in [2.05, 4.69) is 9.97 Å². The number of amides is 1. The number of carbonyl (C=O) groups excluding carboxylic acids is 1. The van der Waals surface area contributed by atoms with Crippen LogP contribution in [0.1, 0.15) is 26.5 Å². The molecule has 2 unspecified atom stereocenters. The van der Waals surface area contributed by atoms with Crippen LogP contribution in [0.5, 0.6) is 0 Å². The highest BCUT2D eigenvalue weighted by Crippen LogP contribution is 2.33. The molecule has 0 aliphatic carbocycles. The molecule has 0 saturated carbocycles. The Hall–Kier alpha value is -2.12. The number of H-pyrrole nitrogens is 1. The van der Waals surface area contributed by atoms with Gasteiger partial charge in [-0.25, -0.2) is 9.78 Å². The molecule has 2 aliphatic rings. The van der Waals surface area contributed by atoms with Crippen molar-refractivity contribution in [2.24, 2.45) is 11.8 Å². The summed E-state index contributed by atoms with van der Waals surface area (Å²) in [5, 5.41) is 0. The number of nitrogens with zero attached hydrogens (tertiary/aromatic N) is 3. The quantitative estimate of drug-likeness (QED) is 0.840. The van der Waals surface area contributed by atoms with E-state index in [0.717, 1.165) is 0 Å². The average molecular weight is 338 g/mol. The average Bonchev–Trinajstić information content (AvgIpc) is 3.00. The van der Waals surface area contributed by atoms with E-state index < -0.39 is 17.0 Å². The first-order valence-corrected chi connectivity index (χ1v) is 8.13. The zero-order chi connectivity index (χ0) is 17.6. The van der Waals surface area contributed by atoms with Crippen molar-refractivity contribution in [3.8, 4) is 0 Å². The molecule has 2 aliphatic heterocycles. The molecule has 8 heteroatoms. The van der Waals surface area contributed by atoms with E-state index in [0.29, 0.717) is 44.0 Å². The van der Waals surface area contributed by atoms with Gasteiger partial charge in [-0.3, -0.25) is 9.78 Å². The Kier molecular flexibility index (Phi) is 4.01. The number of aromatic nitrogens is 2. The number of halogens is 1. The Balaban J connectivity index is 1.65. The first-order chi connectivity index (χ1) is 11.1. The summed E-state index contributed by atoms with van der Waals surface area (Å²) in [4.78, 5) is 34.1. The van der Waals surface area contributed by atoms with Gasteiger partial charge in [-0.05, 0) is 27.7 Å². The van der Waals surface area contributed by atoms with Crippen LogP contribution in [-0.2, 0) is 4.74 Å². The maximum atomic E-state index is 13.4. The predicted octanol–water partition coefficient (Wildman–Crippen LogP) is 1.52. The molecule has 1 aromatic heterocycles. The number of aromatic amines is 1. The van der Waals surface area contributed by atoms with Crippen molar-refractivity contribution in [3.63, 3.8) is 0 Å². The molecule has 0 spiro atoms. The molecule has 1 amide bonds. The number of rotatable bonds is 1. The zero-order valence-corrected chi connectivity index (χ0v) is 14.4. The summed E-state index contributed by atoms with van der Waals surface area (Å²) in [6, 6.07) is 0. The fourth-order valence-electron chi connectivity index (χ4n) is 3.35. The molecule has 2 saturated heterocycles. The molecule has 132 valence electrons. The predicted molar refractivity (Wildman–Crippen MR) is 86.6 cm³/mol. The van der Waals surface area contributed by atoms with E-state index in [9.17, 15) is 14.0 Å². The highest BCUT2D eigenvalue weighted by molar-refractivity contribution is 5.68. The van der Waals surface area contributed by atoms with Crippen LogP contribution in [0, 0.1) is 24.6 Å². The zero-order valence-electron chi connectivity index (χ0n) is 14.4. The van der Waals surface area contributed by atoms with Gasteiger partial charge < -0.3 is 14.5 Å². The smallest absolute Gasteiger partial charge is 0.410 e. The normalized spacial score (nSPS) is 23.5. The number of ether oxygens (including phenoxy) is 1. The number of anilines is 1. The molecule has 0 radical (unpaired) electrons. The second kappa shape index (κ2) is 5.75. The van der Waals surface area contributed by atoms with E-state index in [-0.39, 0.29) is 11.8 Å². The first-order valence-electron chi connectivity index (χ1n) is 8.13. The van der Waals surface area contributed by atoms with Crippen molar-refractivity contribution in [1.82, 2.24) is 14.9 Å². The fourth-order valence-corrected chi connectivity index (χ4v) is 3.35. The van der Waals surface area contributed by atoms with E-state index >= 15 is 0 Å². The van der Waals surface area contributed by atoms with Crippen LogP contribution in [0.25, 0.3) is 0 Å². The lowest BCUT2D eigenvalue weighted by molar-refractivity contribution is 0.0282. The minimum atomic E-state index is -0.839. The third-order valence-electron chi connectivity index (χ3n) is 4.45. The van der Waals surface area contributed by atoms with Crippen LogP contribution < -0.4 is 10.5 Å². The van der Waals surface area contributed by atoms with E-state index in [1.807, 2.05) is 25.7 Å². The maximum absolute atomic E-state index is 13.4. The standard InChI is InChI=1S/C16H23FN4O3/c1-9-12(17)13(22)19-14(18-9)20-5-10-7-21(8-11(10)6-20)15(23)24-16(2,3)4/h10-11H,5-8H2,1-4H3,(H,18,19,22). The minimum Gasteiger partial charge on any atom is -0.444 e. The number of likely N-dealkylation sites (tertiary alicyclic amines) is 1. The van der Waals surface area contributed by atoms with Crippen molar-refractivity contribution in [2.45, 2.75) is 33.3 Å². The van der Waals surface area contributed by atoms with Gasteiger partial charge in [-0.1, -0.05) is 0 Å². The molecule has 3 rings (SSSR count). The van der Waals surface area contributed by atoms with Gasteiger partial charge in [0, 0.05) is 38.0 Å². The van der Waals surface area contributed by atoms with Crippen LogP contribution in [0.3, 0.4) is 0 Å².